The molecule has 1 aliphatic heterocycles. The molecule has 8 heteroatoms. The molecule has 1 aromatic heterocycles. The van der Waals surface area contributed by atoms with Crippen molar-refractivity contribution >= 4 is 23.0 Å². The molecule has 0 radical (unpaired) electrons. The quantitative estimate of drug-likeness (QED) is 0.751. The number of nitrogens with zero attached hydrogens (tertiary/aromatic N) is 4. The molecule has 164 valence electrons. The Balaban J connectivity index is 1.60. The SMILES string of the molecule is CCCn1c(=O)n(CCC(=O)N2CCN(C(=O)OC(C)(C)C)CC2)c2ccccc21. The molecule has 8 nitrogen and oxygen atoms in total. The van der Waals surface area contributed by atoms with Gasteiger partial charge in [-0.2, -0.15) is 0 Å². The van der Waals surface area contributed by atoms with Crippen molar-refractivity contribution in [3.8, 4) is 0 Å². The van der Waals surface area contributed by atoms with Crippen LogP contribution in [0.4, 0.5) is 4.79 Å². The van der Waals surface area contributed by atoms with Gasteiger partial charge in [0.1, 0.15) is 5.60 Å². The van der Waals surface area contributed by atoms with Crippen LogP contribution in [0.15, 0.2) is 29.1 Å². The summed E-state index contributed by atoms with van der Waals surface area (Å²) >= 11 is 0. The Morgan fingerprint density at radius 1 is 0.933 bits per heavy atom. The van der Waals surface area contributed by atoms with Crippen molar-refractivity contribution in [1.29, 1.82) is 0 Å². The molecule has 0 spiro atoms. The molecule has 0 saturated carbocycles. The van der Waals surface area contributed by atoms with E-state index in [2.05, 4.69) is 0 Å². The smallest absolute Gasteiger partial charge is 0.410 e. The lowest BCUT2D eigenvalue weighted by Crippen LogP contribution is -2.51. The molecule has 1 aromatic carbocycles. The average molecular weight is 417 g/mol. The van der Waals surface area contributed by atoms with E-state index in [0.717, 1.165) is 17.5 Å². The summed E-state index contributed by atoms with van der Waals surface area (Å²) < 4.78 is 8.87. The molecule has 1 fully saturated rings. The van der Waals surface area contributed by atoms with Gasteiger partial charge >= 0.3 is 11.8 Å². The lowest BCUT2D eigenvalue weighted by atomic mass is 10.2. The van der Waals surface area contributed by atoms with Crippen molar-refractivity contribution in [1.82, 2.24) is 18.9 Å². The predicted octanol–water partition coefficient (Wildman–Crippen LogP) is 2.68. The first-order valence-electron chi connectivity index (χ1n) is 10.6. The van der Waals surface area contributed by atoms with Gasteiger partial charge in [-0.15, -0.1) is 0 Å². The van der Waals surface area contributed by atoms with Crippen molar-refractivity contribution in [2.45, 2.75) is 59.2 Å². The molecule has 1 saturated heterocycles. The van der Waals surface area contributed by atoms with Gasteiger partial charge in [0.15, 0.2) is 0 Å². The molecule has 30 heavy (non-hydrogen) atoms. The summed E-state index contributed by atoms with van der Waals surface area (Å²) in [4.78, 5) is 41.1. The minimum absolute atomic E-state index is 0.00180. The van der Waals surface area contributed by atoms with Crippen LogP contribution in [0.1, 0.15) is 40.5 Å². The molecular weight excluding hydrogens is 384 g/mol. The zero-order chi connectivity index (χ0) is 21.9. The number of piperazine rings is 1. The third kappa shape index (κ3) is 4.86. The largest absolute Gasteiger partial charge is 0.444 e. The Morgan fingerprint density at radius 3 is 2.00 bits per heavy atom. The first-order chi connectivity index (χ1) is 14.2. The Hall–Kier alpha value is -2.77. The number of aromatic nitrogens is 2. The van der Waals surface area contributed by atoms with Crippen LogP contribution in [0, 0.1) is 0 Å². The highest BCUT2D eigenvalue weighted by Crippen LogP contribution is 2.15. The number of fused-ring (bicyclic) bond motifs is 1. The van der Waals surface area contributed by atoms with Crippen molar-refractivity contribution in [3.63, 3.8) is 0 Å². The van der Waals surface area contributed by atoms with Gasteiger partial charge in [0.25, 0.3) is 0 Å². The monoisotopic (exact) mass is 416 g/mol. The van der Waals surface area contributed by atoms with Gasteiger partial charge in [-0.3, -0.25) is 13.9 Å². The number of carbonyl (C=O) groups is 2. The van der Waals surface area contributed by atoms with E-state index in [1.165, 1.54) is 0 Å². The van der Waals surface area contributed by atoms with Crippen LogP contribution in [0.5, 0.6) is 0 Å². The number of hydrogen-bond donors (Lipinski definition) is 0. The number of benzene rings is 1. The Kier molecular flexibility index (Phi) is 6.53. The van der Waals surface area contributed by atoms with Crippen molar-refractivity contribution < 1.29 is 14.3 Å². The summed E-state index contributed by atoms with van der Waals surface area (Å²) in [5, 5.41) is 0. The summed E-state index contributed by atoms with van der Waals surface area (Å²) in [7, 11) is 0. The highest BCUT2D eigenvalue weighted by atomic mass is 16.6. The summed E-state index contributed by atoms with van der Waals surface area (Å²) in [5.41, 5.74) is 1.16. The second-order valence-electron chi connectivity index (χ2n) is 8.67. The molecule has 1 aliphatic rings. The maximum absolute atomic E-state index is 12.8. The third-order valence-corrected chi connectivity index (χ3v) is 5.21. The van der Waals surface area contributed by atoms with E-state index in [-0.39, 0.29) is 24.1 Å². The van der Waals surface area contributed by atoms with E-state index in [1.807, 2.05) is 52.0 Å². The van der Waals surface area contributed by atoms with E-state index in [0.29, 0.717) is 39.3 Å². The topological polar surface area (TPSA) is 76.8 Å². The van der Waals surface area contributed by atoms with Crippen LogP contribution in [0.25, 0.3) is 11.0 Å². The maximum Gasteiger partial charge on any atom is 0.410 e. The van der Waals surface area contributed by atoms with Crippen LogP contribution in [0.2, 0.25) is 0 Å². The second kappa shape index (κ2) is 8.93. The fourth-order valence-electron chi connectivity index (χ4n) is 3.76. The highest BCUT2D eigenvalue weighted by Gasteiger charge is 2.27. The van der Waals surface area contributed by atoms with Crippen LogP contribution in [0.3, 0.4) is 0 Å². The van der Waals surface area contributed by atoms with Crippen molar-refractivity contribution in [3.05, 3.63) is 34.7 Å². The first-order valence-corrected chi connectivity index (χ1v) is 10.6. The second-order valence-corrected chi connectivity index (χ2v) is 8.67. The van der Waals surface area contributed by atoms with E-state index in [1.54, 1.807) is 18.9 Å². The van der Waals surface area contributed by atoms with Crippen LogP contribution >= 0.6 is 0 Å². The van der Waals surface area contributed by atoms with Gasteiger partial charge < -0.3 is 14.5 Å². The van der Waals surface area contributed by atoms with E-state index >= 15 is 0 Å². The first kappa shape index (κ1) is 21.9. The minimum atomic E-state index is -0.533. The molecular formula is C22H32N4O4. The minimum Gasteiger partial charge on any atom is -0.444 e. The normalized spacial score (nSPS) is 14.9. The van der Waals surface area contributed by atoms with Gasteiger partial charge in [0.2, 0.25) is 5.91 Å². The Morgan fingerprint density at radius 2 is 1.47 bits per heavy atom. The number of aryl methyl sites for hydroxylation is 2. The average Bonchev–Trinajstić information content (AvgIpc) is 2.97. The zero-order valence-corrected chi connectivity index (χ0v) is 18.4. The standard InChI is InChI=1S/C22H32N4O4/c1-5-11-25-17-8-6-7-9-18(17)26(20(25)28)12-10-19(27)23-13-15-24(16-14-23)21(29)30-22(2,3)4/h6-9H,5,10-16H2,1-4H3. The van der Waals surface area contributed by atoms with Gasteiger partial charge in [0.05, 0.1) is 11.0 Å². The molecule has 3 rings (SSSR count). The van der Waals surface area contributed by atoms with E-state index in [9.17, 15) is 14.4 Å². The number of amides is 2. The summed E-state index contributed by atoms with van der Waals surface area (Å²) in [6.45, 7) is 10.4. The Bertz CT molecular complexity index is 962. The molecule has 0 bridgehead atoms. The molecule has 0 N–H and O–H groups in total. The molecule has 0 aliphatic carbocycles. The Labute approximate surface area is 177 Å². The van der Waals surface area contributed by atoms with Gasteiger partial charge in [-0.05, 0) is 39.3 Å². The lowest BCUT2D eigenvalue weighted by molar-refractivity contribution is -0.133. The van der Waals surface area contributed by atoms with E-state index < -0.39 is 5.60 Å². The summed E-state index contributed by atoms with van der Waals surface area (Å²) in [5.74, 6) is -0.00180. The van der Waals surface area contributed by atoms with Crippen LogP contribution in [-0.4, -0.2) is 62.7 Å². The molecule has 2 aromatic rings. The lowest BCUT2D eigenvalue weighted by Gasteiger charge is -2.35. The van der Waals surface area contributed by atoms with Gasteiger partial charge in [0, 0.05) is 45.7 Å². The van der Waals surface area contributed by atoms with E-state index in [4.69, 9.17) is 4.74 Å². The van der Waals surface area contributed by atoms with Crippen LogP contribution < -0.4 is 5.69 Å². The van der Waals surface area contributed by atoms with Crippen molar-refractivity contribution in [2.24, 2.45) is 0 Å². The highest BCUT2D eigenvalue weighted by molar-refractivity contribution is 5.78. The fourth-order valence-corrected chi connectivity index (χ4v) is 3.76. The number of rotatable bonds is 5. The molecule has 0 unspecified atom stereocenters. The van der Waals surface area contributed by atoms with Gasteiger partial charge in [-0.25, -0.2) is 9.59 Å². The summed E-state index contributed by atoms with van der Waals surface area (Å²) in [6, 6.07) is 7.70. The summed E-state index contributed by atoms with van der Waals surface area (Å²) in [6.07, 6.45) is 0.784. The number of ether oxygens (including phenoxy) is 1. The third-order valence-electron chi connectivity index (χ3n) is 5.21. The van der Waals surface area contributed by atoms with Crippen LogP contribution in [-0.2, 0) is 22.6 Å². The number of carbonyl (C=O) groups excluding carboxylic acids is 2. The van der Waals surface area contributed by atoms with Crippen molar-refractivity contribution in [2.75, 3.05) is 26.2 Å². The molecule has 0 atom stereocenters. The predicted molar refractivity (Wildman–Crippen MR) is 115 cm³/mol. The van der Waals surface area contributed by atoms with Gasteiger partial charge in [-0.1, -0.05) is 19.1 Å². The zero-order valence-electron chi connectivity index (χ0n) is 18.4. The molecule has 2 heterocycles. The maximum atomic E-state index is 12.8. The fraction of sp³-hybridized carbons (Fsp3) is 0.591. The number of para-hydroxylation sites is 2. The number of imidazole rings is 1. The number of hydrogen-bond acceptors (Lipinski definition) is 4. The molecule has 2 amide bonds.